The average Bonchev–Trinajstić information content (AvgIpc) is 2.47. The van der Waals surface area contributed by atoms with E-state index in [1.54, 1.807) is 0 Å². The fourth-order valence-electron chi connectivity index (χ4n) is 2.29. The summed E-state index contributed by atoms with van der Waals surface area (Å²) in [5.41, 5.74) is 0. The maximum atomic E-state index is 9.79. The Kier molecular flexibility index (Phi) is 5.48. The molecule has 2 aliphatic rings. The molecule has 2 heterocycles. The minimum Gasteiger partial charge on any atom is -0.394 e. The van der Waals surface area contributed by atoms with Gasteiger partial charge in [-0.05, 0) is 0 Å². The fraction of sp³-hybridized carbons (Fsp3) is 1.00. The van der Waals surface area contributed by atoms with Crippen LogP contribution in [0.5, 0.6) is 0 Å². The lowest BCUT2D eigenvalue weighted by atomic mass is 9.98. The van der Waals surface area contributed by atoms with Crippen LogP contribution in [0.4, 0.5) is 0 Å². The second-order valence-electron chi connectivity index (χ2n) is 5.08. The van der Waals surface area contributed by atoms with E-state index in [0.29, 0.717) is 0 Å². The lowest BCUT2D eigenvalue weighted by molar-refractivity contribution is -0.345. The summed E-state index contributed by atoms with van der Waals surface area (Å²) in [6.07, 6.45) is -13.3. The number of hydrogen-bond acceptors (Lipinski definition) is 10. The van der Waals surface area contributed by atoms with Crippen LogP contribution in [0.1, 0.15) is 0 Å². The smallest absolute Gasteiger partial charge is 0.187 e. The molecule has 9 atom stereocenters. The van der Waals surface area contributed by atoms with Gasteiger partial charge in [0.25, 0.3) is 0 Å². The average molecular weight is 312 g/mol. The first-order chi connectivity index (χ1) is 9.86. The molecule has 124 valence electrons. The molecule has 10 heteroatoms. The van der Waals surface area contributed by atoms with Crippen LogP contribution in [-0.2, 0) is 14.2 Å². The molecule has 0 unspecified atom stereocenters. The van der Waals surface area contributed by atoms with Gasteiger partial charge in [0.15, 0.2) is 12.6 Å². The lowest BCUT2D eigenvalue weighted by Crippen LogP contribution is -2.62. The van der Waals surface area contributed by atoms with Crippen LogP contribution >= 0.6 is 0 Å². The normalized spacial score (nSPS) is 51.9. The maximum Gasteiger partial charge on any atom is 0.187 e. The largest absolute Gasteiger partial charge is 0.394 e. The highest BCUT2D eigenvalue weighted by molar-refractivity contribution is 4.91. The second-order valence-corrected chi connectivity index (χ2v) is 5.08. The highest BCUT2D eigenvalue weighted by atomic mass is 16.7. The van der Waals surface area contributed by atoms with Crippen LogP contribution in [0.3, 0.4) is 0 Å². The molecule has 0 aromatic carbocycles. The molecular weight excluding hydrogens is 292 g/mol. The van der Waals surface area contributed by atoms with Crippen molar-refractivity contribution in [2.24, 2.45) is 0 Å². The van der Waals surface area contributed by atoms with Crippen molar-refractivity contribution in [3.8, 4) is 0 Å². The highest BCUT2D eigenvalue weighted by Crippen LogP contribution is 2.26. The number of rotatable bonds is 3. The third kappa shape index (κ3) is 3.35. The summed E-state index contributed by atoms with van der Waals surface area (Å²) >= 11 is 0. The van der Waals surface area contributed by atoms with E-state index in [-0.39, 0.29) is 6.61 Å². The summed E-state index contributed by atoms with van der Waals surface area (Å²) in [7, 11) is 0. The molecule has 0 aromatic heterocycles. The van der Waals surface area contributed by atoms with E-state index in [9.17, 15) is 30.6 Å². The molecule has 7 N–H and O–H groups in total. The third-order valence-corrected chi connectivity index (χ3v) is 3.59. The Balaban J connectivity index is 2.06. The molecule has 10 nitrogen and oxygen atoms in total. The monoisotopic (exact) mass is 312 g/mol. The molecule has 0 saturated carbocycles. The summed E-state index contributed by atoms with van der Waals surface area (Å²) in [6.45, 7) is -0.938. The molecule has 0 aliphatic carbocycles. The van der Waals surface area contributed by atoms with E-state index in [1.165, 1.54) is 0 Å². The van der Waals surface area contributed by atoms with Gasteiger partial charge in [0, 0.05) is 0 Å². The highest BCUT2D eigenvalue weighted by Gasteiger charge is 2.48. The van der Waals surface area contributed by atoms with Crippen LogP contribution in [-0.4, -0.2) is 104 Å². The van der Waals surface area contributed by atoms with E-state index in [0.717, 1.165) is 0 Å². The predicted octanol–water partition coefficient (Wildman–Crippen LogP) is -4.76. The molecule has 2 rings (SSSR count). The second kappa shape index (κ2) is 6.79. The van der Waals surface area contributed by atoms with Gasteiger partial charge in [-0.25, -0.2) is 0 Å². The summed E-state index contributed by atoms with van der Waals surface area (Å²) < 4.78 is 15.0. The molecule has 21 heavy (non-hydrogen) atoms. The minimum absolute atomic E-state index is 0.305. The van der Waals surface area contributed by atoms with Gasteiger partial charge >= 0.3 is 0 Å². The van der Waals surface area contributed by atoms with Gasteiger partial charge in [-0.2, -0.15) is 0 Å². The SMILES string of the molecule is OC[C@H]1O[C@H](O[C@H]2[C@@H](O)[C@@H](O)OC[C@H]2O)[C@H](O)[C@@H](O)[C@@H]1O. The van der Waals surface area contributed by atoms with E-state index in [1.807, 2.05) is 0 Å². The summed E-state index contributed by atoms with van der Waals surface area (Å²) in [4.78, 5) is 0. The van der Waals surface area contributed by atoms with Crippen molar-refractivity contribution in [3.63, 3.8) is 0 Å². The Hall–Kier alpha value is -0.400. The first-order valence-corrected chi connectivity index (χ1v) is 6.48. The number of ether oxygens (including phenoxy) is 3. The van der Waals surface area contributed by atoms with Crippen LogP contribution < -0.4 is 0 Å². The minimum atomic E-state index is -1.66. The van der Waals surface area contributed by atoms with Gasteiger partial charge in [0.05, 0.1) is 13.2 Å². The molecule has 0 aromatic rings. The van der Waals surface area contributed by atoms with Crippen LogP contribution in [0.15, 0.2) is 0 Å². The first kappa shape index (κ1) is 17.0. The number of aliphatic hydroxyl groups excluding tert-OH is 7. The van der Waals surface area contributed by atoms with Crippen LogP contribution in [0.25, 0.3) is 0 Å². The molecule has 2 fully saturated rings. The standard InChI is InChI=1S/C11H20O10/c12-1-4-5(14)6(15)7(16)11(20-4)21-9-3(13)2-19-10(18)8(9)17/h3-18H,1-2H2/t3-,4-,5-,6+,7-,8-,9-,10+,11-/m1/s1. The molecular formula is C11H20O10. The summed E-state index contributed by atoms with van der Waals surface area (Å²) in [5.74, 6) is 0. The summed E-state index contributed by atoms with van der Waals surface area (Å²) in [5, 5.41) is 66.8. The van der Waals surface area contributed by atoms with Crippen molar-refractivity contribution < 1.29 is 50.0 Å². The molecule has 2 aliphatic heterocycles. The predicted molar refractivity (Wildman–Crippen MR) is 62.6 cm³/mol. The van der Waals surface area contributed by atoms with E-state index < -0.39 is 61.9 Å². The van der Waals surface area contributed by atoms with Crippen molar-refractivity contribution >= 4 is 0 Å². The zero-order valence-corrected chi connectivity index (χ0v) is 11.0. The Morgan fingerprint density at radius 3 is 2.19 bits per heavy atom. The van der Waals surface area contributed by atoms with E-state index in [2.05, 4.69) is 4.74 Å². The van der Waals surface area contributed by atoms with E-state index >= 15 is 0 Å². The van der Waals surface area contributed by atoms with Crippen molar-refractivity contribution in [1.29, 1.82) is 0 Å². The van der Waals surface area contributed by atoms with Crippen molar-refractivity contribution in [2.45, 2.75) is 55.3 Å². The zero-order valence-electron chi connectivity index (χ0n) is 11.0. The summed E-state index contributed by atoms with van der Waals surface area (Å²) in [6, 6.07) is 0. The van der Waals surface area contributed by atoms with Crippen molar-refractivity contribution in [3.05, 3.63) is 0 Å². The van der Waals surface area contributed by atoms with Gasteiger partial charge in [0.1, 0.15) is 42.7 Å². The quantitative estimate of drug-likeness (QED) is 0.268. The number of aliphatic hydroxyl groups is 7. The first-order valence-electron chi connectivity index (χ1n) is 6.48. The third-order valence-electron chi connectivity index (χ3n) is 3.59. The zero-order chi connectivity index (χ0) is 15.7. The Bertz CT molecular complexity index is 339. The Morgan fingerprint density at radius 2 is 1.57 bits per heavy atom. The van der Waals surface area contributed by atoms with Crippen molar-refractivity contribution in [2.75, 3.05) is 13.2 Å². The Morgan fingerprint density at radius 1 is 0.905 bits per heavy atom. The van der Waals surface area contributed by atoms with Gasteiger partial charge in [-0.15, -0.1) is 0 Å². The van der Waals surface area contributed by atoms with Gasteiger partial charge in [-0.1, -0.05) is 0 Å². The molecule has 0 radical (unpaired) electrons. The molecule has 0 bridgehead atoms. The molecule has 2 saturated heterocycles. The fourth-order valence-corrected chi connectivity index (χ4v) is 2.29. The number of hydrogen-bond donors (Lipinski definition) is 7. The van der Waals surface area contributed by atoms with Gasteiger partial charge < -0.3 is 50.0 Å². The Labute approximate surface area is 119 Å². The van der Waals surface area contributed by atoms with Gasteiger partial charge in [-0.3, -0.25) is 0 Å². The molecule has 0 spiro atoms. The lowest BCUT2D eigenvalue weighted by Gasteiger charge is -2.43. The van der Waals surface area contributed by atoms with Gasteiger partial charge in [0.2, 0.25) is 0 Å². The maximum absolute atomic E-state index is 9.79. The van der Waals surface area contributed by atoms with Crippen LogP contribution in [0, 0.1) is 0 Å². The van der Waals surface area contributed by atoms with E-state index in [4.69, 9.17) is 14.6 Å². The molecule has 0 amide bonds. The van der Waals surface area contributed by atoms with Crippen molar-refractivity contribution in [1.82, 2.24) is 0 Å². The topological polar surface area (TPSA) is 169 Å². The van der Waals surface area contributed by atoms with Crippen LogP contribution in [0.2, 0.25) is 0 Å².